The molecule has 4 N–H and O–H groups in total. The van der Waals surface area contributed by atoms with Crippen LogP contribution in [0.1, 0.15) is 54.1 Å². The van der Waals surface area contributed by atoms with E-state index in [4.69, 9.17) is 9.72 Å². The van der Waals surface area contributed by atoms with Gasteiger partial charge >= 0.3 is 5.97 Å². The molecule has 2 aromatic heterocycles. The van der Waals surface area contributed by atoms with Crippen LogP contribution in [0.4, 0.5) is 0 Å². The maximum absolute atomic E-state index is 14.0. The van der Waals surface area contributed by atoms with Gasteiger partial charge in [0.25, 0.3) is 0 Å². The van der Waals surface area contributed by atoms with Gasteiger partial charge in [-0.05, 0) is 57.7 Å². The van der Waals surface area contributed by atoms with Crippen LogP contribution in [0.25, 0.3) is 22.2 Å². The molecule has 3 aromatic rings. The van der Waals surface area contributed by atoms with Crippen LogP contribution in [0.5, 0.6) is 0 Å². The smallest absolute Gasteiger partial charge is 0.354 e. The number of hydrogen-bond acceptors (Lipinski definition) is 9. The summed E-state index contributed by atoms with van der Waals surface area (Å²) in [6.45, 7) is 3.70. The number of benzene rings is 1. The van der Waals surface area contributed by atoms with Crippen LogP contribution < -0.4 is 10.6 Å². The van der Waals surface area contributed by atoms with Crippen molar-refractivity contribution in [3.05, 3.63) is 46.4 Å². The molecule has 39 heavy (non-hydrogen) atoms. The third kappa shape index (κ3) is 5.82. The summed E-state index contributed by atoms with van der Waals surface area (Å²) in [7, 11) is 1.78. The standard InChI is InChI=1S/C28H35N5O5S/c1-16(29-2)25(34)32-24(17-9-12-38-13-10-17)27(35)33-11-5-8-23(33)26-31-22(15-39-26)19-14-21(28(36)37)30-20-7-4-3-6-18(19)20/h3-4,6-7,14-17,23-25,29,32,34H,5,8-13H2,1-2H3,(H,36,37)/t16-,23-,24-,25?/m0/s1. The number of thiazole rings is 1. The first-order valence-electron chi connectivity index (χ1n) is 13.5. The number of aromatic carboxylic acids is 1. The van der Waals surface area contributed by atoms with E-state index < -0.39 is 18.2 Å². The van der Waals surface area contributed by atoms with Gasteiger partial charge in [0.15, 0.2) is 0 Å². The fourth-order valence-electron chi connectivity index (χ4n) is 5.47. The van der Waals surface area contributed by atoms with E-state index in [0.717, 1.165) is 36.1 Å². The Morgan fingerprint density at radius 1 is 1.18 bits per heavy atom. The quantitative estimate of drug-likeness (QED) is 0.295. The number of carbonyl (C=O) groups excluding carboxylic acids is 1. The molecule has 11 heteroatoms. The van der Waals surface area contributed by atoms with Crippen LogP contribution in [-0.2, 0) is 9.53 Å². The molecule has 4 heterocycles. The first-order chi connectivity index (χ1) is 18.9. The van der Waals surface area contributed by atoms with Crippen LogP contribution in [-0.4, -0.2) is 82.1 Å². The van der Waals surface area contributed by atoms with E-state index in [1.807, 2.05) is 35.4 Å². The Morgan fingerprint density at radius 3 is 2.69 bits per heavy atom. The van der Waals surface area contributed by atoms with Gasteiger partial charge in [0.05, 0.1) is 23.3 Å². The van der Waals surface area contributed by atoms with E-state index in [0.29, 0.717) is 36.5 Å². The minimum Gasteiger partial charge on any atom is -0.477 e. The highest BCUT2D eigenvalue weighted by Gasteiger charge is 2.40. The fraction of sp³-hybridized carbons (Fsp3) is 0.500. The SMILES string of the molecule is CN[C@@H](C)C(O)N[C@H](C(=O)N1CCC[C@H]1c1nc(-c2cc(C(=O)O)nc3ccccc23)cs1)C1CCOCC1. The molecule has 5 rings (SSSR count). The Hall–Kier alpha value is -2.96. The van der Waals surface area contributed by atoms with Crippen molar-refractivity contribution in [1.82, 2.24) is 25.5 Å². The van der Waals surface area contributed by atoms with Gasteiger partial charge in [0.2, 0.25) is 5.91 Å². The molecule has 2 aliphatic heterocycles. The van der Waals surface area contributed by atoms with Gasteiger partial charge in [0.1, 0.15) is 16.9 Å². The monoisotopic (exact) mass is 553 g/mol. The van der Waals surface area contributed by atoms with Gasteiger partial charge in [-0.3, -0.25) is 10.1 Å². The normalized spacial score (nSPS) is 20.7. The molecular formula is C28H35N5O5S. The molecule has 208 valence electrons. The molecule has 4 atom stereocenters. The number of para-hydroxylation sites is 1. The predicted octanol–water partition coefficient (Wildman–Crippen LogP) is 3.03. The van der Waals surface area contributed by atoms with Crippen molar-refractivity contribution >= 4 is 34.1 Å². The molecule has 0 bridgehead atoms. The van der Waals surface area contributed by atoms with E-state index in [2.05, 4.69) is 15.6 Å². The number of nitrogens with one attached hydrogen (secondary N) is 2. The lowest BCUT2D eigenvalue weighted by Gasteiger charge is -2.36. The third-order valence-electron chi connectivity index (χ3n) is 7.84. The average molecular weight is 554 g/mol. The molecule has 1 amide bonds. The van der Waals surface area contributed by atoms with Gasteiger partial charge in [-0.25, -0.2) is 14.8 Å². The third-order valence-corrected chi connectivity index (χ3v) is 8.78. The van der Waals surface area contributed by atoms with Gasteiger partial charge in [-0.15, -0.1) is 11.3 Å². The van der Waals surface area contributed by atoms with E-state index >= 15 is 0 Å². The number of carboxylic acids is 1. The molecule has 10 nitrogen and oxygen atoms in total. The summed E-state index contributed by atoms with van der Waals surface area (Å²) in [6.07, 6.45) is 2.30. The zero-order valence-corrected chi connectivity index (χ0v) is 23.0. The second-order valence-electron chi connectivity index (χ2n) is 10.3. The van der Waals surface area contributed by atoms with Gasteiger partial charge in [-0.1, -0.05) is 18.2 Å². The molecule has 1 unspecified atom stereocenters. The van der Waals surface area contributed by atoms with Crippen LogP contribution >= 0.6 is 11.3 Å². The van der Waals surface area contributed by atoms with Crippen molar-refractivity contribution in [1.29, 1.82) is 0 Å². The number of carbonyl (C=O) groups is 2. The van der Waals surface area contributed by atoms with E-state index in [-0.39, 0.29) is 29.6 Å². The number of carboxylic acid groups (broad SMARTS) is 1. The Bertz CT molecular complexity index is 1330. The number of ether oxygens (including phenoxy) is 1. The Balaban J connectivity index is 1.43. The number of amides is 1. The Morgan fingerprint density at radius 2 is 1.95 bits per heavy atom. The largest absolute Gasteiger partial charge is 0.477 e. The molecule has 2 fully saturated rings. The number of likely N-dealkylation sites (tertiary alicyclic amines) is 1. The molecule has 0 aliphatic carbocycles. The van der Waals surface area contributed by atoms with Crippen molar-refractivity contribution in [2.24, 2.45) is 5.92 Å². The topological polar surface area (TPSA) is 137 Å². The van der Waals surface area contributed by atoms with Crippen molar-refractivity contribution < 1.29 is 24.5 Å². The number of fused-ring (bicyclic) bond motifs is 1. The first-order valence-corrected chi connectivity index (χ1v) is 14.3. The maximum Gasteiger partial charge on any atom is 0.354 e. The van der Waals surface area contributed by atoms with E-state index in [1.165, 1.54) is 11.3 Å². The number of aromatic nitrogens is 2. The highest BCUT2D eigenvalue weighted by atomic mass is 32.1. The second kappa shape index (κ2) is 12.1. The van der Waals surface area contributed by atoms with Crippen LogP contribution in [0.3, 0.4) is 0 Å². The summed E-state index contributed by atoms with van der Waals surface area (Å²) in [5.41, 5.74) is 1.95. The Labute approximate surface area is 231 Å². The summed E-state index contributed by atoms with van der Waals surface area (Å²) in [6, 6.07) is 8.08. The van der Waals surface area contributed by atoms with Crippen LogP contribution in [0.15, 0.2) is 35.7 Å². The average Bonchev–Trinajstić information content (AvgIpc) is 3.65. The number of aliphatic hydroxyl groups excluding tert-OH is 1. The van der Waals surface area contributed by atoms with Gasteiger partial charge in [-0.2, -0.15) is 0 Å². The number of pyridine rings is 1. The Kier molecular flexibility index (Phi) is 8.53. The molecule has 0 saturated carbocycles. The zero-order valence-electron chi connectivity index (χ0n) is 22.2. The summed E-state index contributed by atoms with van der Waals surface area (Å²) in [5.74, 6) is -1.05. The molecule has 1 aromatic carbocycles. The van der Waals surface area contributed by atoms with Crippen molar-refractivity contribution in [2.75, 3.05) is 26.8 Å². The number of likely N-dealkylation sites (N-methyl/N-ethyl adjacent to an activating group) is 1. The lowest BCUT2D eigenvalue weighted by molar-refractivity contribution is -0.138. The number of aliphatic hydroxyl groups is 1. The fourth-order valence-corrected chi connectivity index (χ4v) is 6.44. The zero-order chi connectivity index (χ0) is 27.5. The maximum atomic E-state index is 14.0. The van der Waals surface area contributed by atoms with Gasteiger partial charge < -0.3 is 25.2 Å². The highest BCUT2D eigenvalue weighted by Crippen LogP contribution is 2.38. The van der Waals surface area contributed by atoms with Crippen LogP contribution in [0.2, 0.25) is 0 Å². The molecule has 0 spiro atoms. The van der Waals surface area contributed by atoms with Crippen molar-refractivity contribution in [2.45, 2.75) is 57.0 Å². The molecule has 2 aliphatic rings. The highest BCUT2D eigenvalue weighted by molar-refractivity contribution is 7.10. The van der Waals surface area contributed by atoms with E-state index in [1.54, 1.807) is 19.2 Å². The lowest BCUT2D eigenvalue weighted by Crippen LogP contribution is -2.57. The molecule has 0 radical (unpaired) electrons. The second-order valence-corrected chi connectivity index (χ2v) is 11.1. The summed E-state index contributed by atoms with van der Waals surface area (Å²) in [5, 5.41) is 30.2. The summed E-state index contributed by atoms with van der Waals surface area (Å²) < 4.78 is 5.54. The summed E-state index contributed by atoms with van der Waals surface area (Å²) >= 11 is 1.48. The van der Waals surface area contributed by atoms with E-state index in [9.17, 15) is 19.8 Å². The first kappa shape index (κ1) is 27.6. The van der Waals surface area contributed by atoms with Gasteiger partial charge in [0, 0.05) is 42.1 Å². The predicted molar refractivity (Wildman–Crippen MR) is 148 cm³/mol. The van der Waals surface area contributed by atoms with Crippen molar-refractivity contribution in [3.8, 4) is 11.3 Å². The van der Waals surface area contributed by atoms with Crippen molar-refractivity contribution in [3.63, 3.8) is 0 Å². The minimum atomic E-state index is -1.09. The summed E-state index contributed by atoms with van der Waals surface area (Å²) in [4.78, 5) is 36.9. The minimum absolute atomic E-state index is 0.0222. The number of rotatable bonds is 9. The molecular weight excluding hydrogens is 518 g/mol. The number of hydrogen-bond donors (Lipinski definition) is 4. The lowest BCUT2D eigenvalue weighted by atomic mass is 9.90. The number of nitrogens with zero attached hydrogens (tertiary/aromatic N) is 3. The van der Waals surface area contributed by atoms with Crippen LogP contribution in [0, 0.1) is 5.92 Å². The molecule has 2 saturated heterocycles.